The van der Waals surface area contributed by atoms with Crippen LogP contribution in [-0.2, 0) is 25.7 Å². The molecule has 0 fully saturated rings. The highest BCUT2D eigenvalue weighted by atomic mass is 15.2. The Morgan fingerprint density at radius 3 is 1.43 bits per heavy atom. The number of hydrogen-bond donors (Lipinski definition) is 2. The van der Waals surface area contributed by atoms with Crippen LogP contribution in [-0.4, -0.2) is 30.4 Å². The van der Waals surface area contributed by atoms with Gasteiger partial charge in [0.1, 0.15) is 11.6 Å². The summed E-state index contributed by atoms with van der Waals surface area (Å²) in [5, 5.41) is 14.8. The van der Waals surface area contributed by atoms with E-state index in [4.69, 9.17) is 0 Å². The Hall–Kier alpha value is -3.28. The van der Waals surface area contributed by atoms with Gasteiger partial charge in [-0.15, -0.1) is 0 Å². The van der Waals surface area contributed by atoms with Crippen LogP contribution in [0.15, 0.2) is 60.7 Å². The first-order chi connectivity index (χ1) is 13.8. The minimum absolute atomic E-state index is 0.787. The topological polar surface area (TPSA) is 83.1 Å². The molecule has 28 heavy (non-hydrogen) atoms. The number of aromatic amines is 2. The summed E-state index contributed by atoms with van der Waals surface area (Å²) in [6, 6.07) is 20.6. The largest absolute Gasteiger partial charge is 0.263 e. The minimum atomic E-state index is 0.787. The molecular weight excluding hydrogens is 348 g/mol. The maximum atomic E-state index is 4.60. The molecule has 2 aromatic carbocycles. The van der Waals surface area contributed by atoms with E-state index in [-0.39, 0.29) is 0 Å². The van der Waals surface area contributed by atoms with E-state index in [1.807, 2.05) is 36.4 Å². The van der Waals surface area contributed by atoms with Gasteiger partial charge in [0.15, 0.2) is 11.6 Å². The molecular formula is C22H24N6. The number of hydrogen-bond acceptors (Lipinski definition) is 4. The van der Waals surface area contributed by atoms with Crippen molar-refractivity contribution in [2.24, 2.45) is 0 Å². The quantitative estimate of drug-likeness (QED) is 0.439. The predicted molar refractivity (Wildman–Crippen MR) is 108 cm³/mol. The maximum Gasteiger partial charge on any atom is 0.150 e. The van der Waals surface area contributed by atoms with Gasteiger partial charge < -0.3 is 0 Å². The van der Waals surface area contributed by atoms with Crippen LogP contribution in [0.1, 0.15) is 47.3 Å². The predicted octanol–water partition coefficient (Wildman–Crippen LogP) is 3.67. The van der Waals surface area contributed by atoms with Crippen molar-refractivity contribution in [3.05, 3.63) is 95.1 Å². The number of aromatic nitrogens is 6. The van der Waals surface area contributed by atoms with Crippen LogP contribution in [0.4, 0.5) is 0 Å². The zero-order valence-corrected chi connectivity index (χ0v) is 15.8. The molecule has 0 amide bonds. The molecule has 6 heteroatoms. The van der Waals surface area contributed by atoms with Gasteiger partial charge in [-0.3, -0.25) is 10.2 Å². The Kier molecular flexibility index (Phi) is 5.87. The second-order valence-corrected chi connectivity index (χ2v) is 6.93. The van der Waals surface area contributed by atoms with Gasteiger partial charge in [-0.05, 0) is 24.0 Å². The van der Waals surface area contributed by atoms with E-state index in [0.717, 1.165) is 61.8 Å². The third-order valence-corrected chi connectivity index (χ3v) is 4.64. The summed E-state index contributed by atoms with van der Waals surface area (Å²) in [6.07, 6.45) is 5.35. The molecule has 0 unspecified atom stereocenters. The highest BCUT2D eigenvalue weighted by Gasteiger charge is 2.07. The van der Waals surface area contributed by atoms with Crippen molar-refractivity contribution in [2.45, 2.75) is 38.5 Å². The molecule has 0 spiro atoms. The van der Waals surface area contributed by atoms with Gasteiger partial charge in [0.25, 0.3) is 0 Å². The third kappa shape index (κ3) is 5.13. The molecule has 0 radical (unpaired) electrons. The van der Waals surface area contributed by atoms with Crippen LogP contribution >= 0.6 is 0 Å². The number of rotatable bonds is 9. The van der Waals surface area contributed by atoms with Crippen LogP contribution in [0.3, 0.4) is 0 Å². The first-order valence-corrected chi connectivity index (χ1v) is 9.73. The lowest BCUT2D eigenvalue weighted by Crippen LogP contribution is -1.94. The Morgan fingerprint density at radius 1 is 0.571 bits per heavy atom. The molecule has 6 nitrogen and oxygen atoms in total. The first-order valence-electron chi connectivity index (χ1n) is 9.73. The Balaban J connectivity index is 1.20. The van der Waals surface area contributed by atoms with Crippen LogP contribution in [0.2, 0.25) is 0 Å². The van der Waals surface area contributed by atoms with E-state index < -0.39 is 0 Å². The fourth-order valence-corrected chi connectivity index (χ4v) is 3.20. The van der Waals surface area contributed by atoms with E-state index >= 15 is 0 Å². The highest BCUT2D eigenvalue weighted by Crippen LogP contribution is 2.09. The van der Waals surface area contributed by atoms with Gasteiger partial charge in [0.05, 0.1) is 0 Å². The fraction of sp³-hybridized carbons (Fsp3) is 0.273. The van der Waals surface area contributed by atoms with Crippen molar-refractivity contribution in [1.29, 1.82) is 0 Å². The van der Waals surface area contributed by atoms with Crippen molar-refractivity contribution in [1.82, 2.24) is 30.4 Å². The van der Waals surface area contributed by atoms with E-state index in [1.54, 1.807) is 0 Å². The van der Waals surface area contributed by atoms with Gasteiger partial charge in [0, 0.05) is 25.7 Å². The van der Waals surface area contributed by atoms with E-state index in [1.165, 1.54) is 11.1 Å². The molecule has 142 valence electrons. The minimum Gasteiger partial charge on any atom is -0.263 e. The Labute approximate surface area is 164 Å². The van der Waals surface area contributed by atoms with Crippen molar-refractivity contribution in [3.8, 4) is 0 Å². The van der Waals surface area contributed by atoms with Crippen LogP contribution in [0.5, 0.6) is 0 Å². The summed E-state index contributed by atoms with van der Waals surface area (Å²) in [7, 11) is 0. The summed E-state index contributed by atoms with van der Waals surface area (Å²) < 4.78 is 0. The zero-order valence-electron chi connectivity index (χ0n) is 15.8. The van der Waals surface area contributed by atoms with Gasteiger partial charge in [0.2, 0.25) is 0 Å². The molecule has 0 aliphatic heterocycles. The number of nitrogens with one attached hydrogen (secondary N) is 2. The zero-order chi connectivity index (χ0) is 19.0. The SMILES string of the molecule is c1ccc(Cc2nc(CCCCc3n[nH]c(Cc4ccccc4)n3)n[nH]2)cc1. The fourth-order valence-electron chi connectivity index (χ4n) is 3.20. The second kappa shape index (κ2) is 9.08. The van der Waals surface area contributed by atoms with Gasteiger partial charge in [-0.2, -0.15) is 10.2 Å². The number of unbranched alkanes of at least 4 members (excludes halogenated alkanes) is 1. The number of benzene rings is 2. The molecule has 0 aliphatic rings. The molecule has 2 heterocycles. The number of aryl methyl sites for hydroxylation is 2. The lowest BCUT2D eigenvalue weighted by atomic mass is 10.1. The molecule has 0 atom stereocenters. The lowest BCUT2D eigenvalue weighted by molar-refractivity contribution is 0.689. The summed E-state index contributed by atoms with van der Waals surface area (Å²) in [6.45, 7) is 0. The smallest absolute Gasteiger partial charge is 0.150 e. The van der Waals surface area contributed by atoms with Gasteiger partial charge in [-0.25, -0.2) is 9.97 Å². The van der Waals surface area contributed by atoms with Crippen LogP contribution in [0, 0.1) is 0 Å². The summed E-state index contributed by atoms with van der Waals surface area (Å²) in [5.74, 6) is 3.60. The Morgan fingerprint density at radius 2 is 1.00 bits per heavy atom. The number of nitrogens with zero attached hydrogens (tertiary/aromatic N) is 4. The summed E-state index contributed by atoms with van der Waals surface area (Å²) in [5.41, 5.74) is 2.47. The third-order valence-electron chi connectivity index (χ3n) is 4.64. The normalized spacial score (nSPS) is 11.0. The van der Waals surface area contributed by atoms with Crippen LogP contribution < -0.4 is 0 Å². The monoisotopic (exact) mass is 372 g/mol. The molecule has 2 aromatic heterocycles. The summed E-state index contributed by atoms with van der Waals surface area (Å²) in [4.78, 5) is 9.19. The lowest BCUT2D eigenvalue weighted by Gasteiger charge is -1.97. The van der Waals surface area contributed by atoms with Crippen molar-refractivity contribution < 1.29 is 0 Å². The molecule has 0 saturated heterocycles. The average Bonchev–Trinajstić information content (AvgIpc) is 3.36. The molecule has 2 N–H and O–H groups in total. The highest BCUT2D eigenvalue weighted by molar-refractivity contribution is 5.19. The van der Waals surface area contributed by atoms with Crippen LogP contribution in [0.25, 0.3) is 0 Å². The second-order valence-electron chi connectivity index (χ2n) is 6.93. The molecule has 0 saturated carbocycles. The molecule has 4 aromatic rings. The molecule has 0 bridgehead atoms. The van der Waals surface area contributed by atoms with E-state index in [9.17, 15) is 0 Å². The first kappa shape index (κ1) is 18.1. The van der Waals surface area contributed by atoms with E-state index in [2.05, 4.69) is 54.6 Å². The van der Waals surface area contributed by atoms with Crippen molar-refractivity contribution in [3.63, 3.8) is 0 Å². The molecule has 4 rings (SSSR count). The molecule has 0 aliphatic carbocycles. The van der Waals surface area contributed by atoms with Crippen molar-refractivity contribution in [2.75, 3.05) is 0 Å². The Bertz CT molecular complexity index is 893. The van der Waals surface area contributed by atoms with Crippen molar-refractivity contribution >= 4 is 0 Å². The average molecular weight is 372 g/mol. The number of H-pyrrole nitrogens is 2. The van der Waals surface area contributed by atoms with Gasteiger partial charge >= 0.3 is 0 Å². The standard InChI is InChI=1S/C22H24N6/c1-3-9-17(10-4-1)15-21-23-19(25-27-21)13-7-8-14-20-24-22(28-26-20)16-18-11-5-2-6-12-18/h1-6,9-12H,7-8,13-16H2,(H,23,25,27)(H,24,26,28). The van der Waals surface area contributed by atoms with E-state index in [0.29, 0.717) is 0 Å². The maximum absolute atomic E-state index is 4.60. The summed E-state index contributed by atoms with van der Waals surface area (Å²) >= 11 is 0. The van der Waals surface area contributed by atoms with Gasteiger partial charge in [-0.1, -0.05) is 60.7 Å².